The van der Waals surface area contributed by atoms with Gasteiger partial charge in [-0.05, 0) is 43.6 Å². The van der Waals surface area contributed by atoms with Crippen molar-refractivity contribution in [3.63, 3.8) is 0 Å². The van der Waals surface area contributed by atoms with Crippen LogP contribution in [0.5, 0.6) is 0 Å². The zero-order valence-corrected chi connectivity index (χ0v) is 9.94. The van der Waals surface area contributed by atoms with Gasteiger partial charge in [0.1, 0.15) is 5.82 Å². The third kappa shape index (κ3) is 2.09. The lowest BCUT2D eigenvalue weighted by atomic mass is 10.1. The lowest BCUT2D eigenvalue weighted by Gasteiger charge is -2.03. The minimum Gasteiger partial charge on any atom is -0.478 e. The fraction of sp³-hybridized carbons (Fsp3) is 0.385. The van der Waals surface area contributed by atoms with Crippen LogP contribution in [0.1, 0.15) is 22.6 Å². The number of carboxylic acid groups (broad SMARTS) is 1. The standard InChI is InChI=1S/C13H15N3O2/c17-13(18)9-1-2-10-11(6-9)16-12(15-10)5-8-3-4-14-7-8/h1-2,6,8,14H,3-5,7H2,(H,15,16)(H,17,18). The van der Waals surface area contributed by atoms with Gasteiger partial charge in [-0.25, -0.2) is 9.78 Å². The molecule has 1 aliphatic rings. The molecule has 1 saturated heterocycles. The Bertz CT molecular complexity index is 585. The second kappa shape index (κ2) is 4.42. The van der Waals surface area contributed by atoms with Gasteiger partial charge in [0.15, 0.2) is 0 Å². The molecule has 5 nitrogen and oxygen atoms in total. The molecule has 3 rings (SSSR count). The van der Waals surface area contributed by atoms with Crippen LogP contribution < -0.4 is 5.32 Å². The number of imidazole rings is 1. The number of fused-ring (bicyclic) bond motifs is 1. The van der Waals surface area contributed by atoms with Gasteiger partial charge in [0.05, 0.1) is 16.6 Å². The summed E-state index contributed by atoms with van der Waals surface area (Å²) in [7, 11) is 0. The Morgan fingerprint density at radius 1 is 1.50 bits per heavy atom. The van der Waals surface area contributed by atoms with E-state index in [2.05, 4.69) is 15.3 Å². The van der Waals surface area contributed by atoms with E-state index in [1.807, 2.05) is 0 Å². The molecule has 0 spiro atoms. The summed E-state index contributed by atoms with van der Waals surface area (Å²) < 4.78 is 0. The van der Waals surface area contributed by atoms with Crippen LogP contribution in [0.2, 0.25) is 0 Å². The van der Waals surface area contributed by atoms with Crippen molar-refractivity contribution in [1.82, 2.24) is 15.3 Å². The predicted molar refractivity (Wildman–Crippen MR) is 67.7 cm³/mol. The predicted octanol–water partition coefficient (Wildman–Crippen LogP) is 1.41. The minimum absolute atomic E-state index is 0.292. The smallest absolute Gasteiger partial charge is 0.335 e. The molecule has 0 radical (unpaired) electrons. The molecule has 0 amide bonds. The molecular formula is C13H15N3O2. The van der Waals surface area contributed by atoms with Gasteiger partial charge in [-0.1, -0.05) is 0 Å². The van der Waals surface area contributed by atoms with E-state index in [1.54, 1.807) is 18.2 Å². The number of hydrogen-bond acceptors (Lipinski definition) is 3. The monoisotopic (exact) mass is 245 g/mol. The molecule has 94 valence electrons. The third-order valence-electron chi connectivity index (χ3n) is 3.42. The molecular weight excluding hydrogens is 230 g/mol. The van der Waals surface area contributed by atoms with Crippen LogP contribution in [0.3, 0.4) is 0 Å². The van der Waals surface area contributed by atoms with Crippen molar-refractivity contribution in [2.24, 2.45) is 5.92 Å². The van der Waals surface area contributed by atoms with Crippen LogP contribution in [-0.2, 0) is 6.42 Å². The largest absolute Gasteiger partial charge is 0.478 e. The number of nitrogens with zero attached hydrogens (tertiary/aromatic N) is 1. The first-order chi connectivity index (χ1) is 8.72. The van der Waals surface area contributed by atoms with Crippen molar-refractivity contribution < 1.29 is 9.90 Å². The summed E-state index contributed by atoms with van der Waals surface area (Å²) in [6.07, 6.45) is 2.10. The molecule has 2 heterocycles. The molecule has 1 aliphatic heterocycles. The maximum absolute atomic E-state index is 10.9. The van der Waals surface area contributed by atoms with Crippen LogP contribution in [0.4, 0.5) is 0 Å². The number of benzene rings is 1. The number of aromatic nitrogens is 2. The second-order valence-electron chi connectivity index (χ2n) is 4.78. The molecule has 1 atom stereocenters. The molecule has 2 aromatic rings. The first-order valence-corrected chi connectivity index (χ1v) is 6.15. The zero-order valence-electron chi connectivity index (χ0n) is 9.94. The van der Waals surface area contributed by atoms with Crippen LogP contribution in [0.15, 0.2) is 18.2 Å². The number of nitrogens with one attached hydrogen (secondary N) is 2. The first-order valence-electron chi connectivity index (χ1n) is 6.15. The molecule has 0 bridgehead atoms. The average molecular weight is 245 g/mol. The van der Waals surface area contributed by atoms with Crippen molar-refractivity contribution in [2.75, 3.05) is 13.1 Å². The molecule has 1 aromatic heterocycles. The van der Waals surface area contributed by atoms with E-state index >= 15 is 0 Å². The van der Waals surface area contributed by atoms with Crippen molar-refractivity contribution >= 4 is 17.0 Å². The summed E-state index contributed by atoms with van der Waals surface area (Å²) in [5.74, 6) is 0.666. The van der Waals surface area contributed by atoms with Gasteiger partial charge in [0, 0.05) is 6.42 Å². The van der Waals surface area contributed by atoms with E-state index in [9.17, 15) is 4.79 Å². The minimum atomic E-state index is -0.909. The molecule has 0 saturated carbocycles. The fourth-order valence-electron chi connectivity index (χ4n) is 2.45. The molecule has 1 aromatic carbocycles. The molecule has 0 aliphatic carbocycles. The average Bonchev–Trinajstić information content (AvgIpc) is 2.96. The van der Waals surface area contributed by atoms with Crippen molar-refractivity contribution in [3.8, 4) is 0 Å². The molecule has 18 heavy (non-hydrogen) atoms. The van der Waals surface area contributed by atoms with Gasteiger partial charge >= 0.3 is 5.97 Å². The van der Waals surface area contributed by atoms with Gasteiger partial charge in [0.25, 0.3) is 0 Å². The summed E-state index contributed by atoms with van der Waals surface area (Å²) in [5, 5.41) is 12.3. The maximum atomic E-state index is 10.9. The van der Waals surface area contributed by atoms with Crippen molar-refractivity contribution in [3.05, 3.63) is 29.6 Å². The number of aromatic amines is 1. The van der Waals surface area contributed by atoms with Gasteiger partial charge < -0.3 is 15.4 Å². The van der Waals surface area contributed by atoms with Gasteiger partial charge in [-0.2, -0.15) is 0 Å². The third-order valence-corrected chi connectivity index (χ3v) is 3.42. The Balaban J connectivity index is 1.87. The summed E-state index contributed by atoms with van der Waals surface area (Å²) >= 11 is 0. The van der Waals surface area contributed by atoms with E-state index in [4.69, 9.17) is 5.11 Å². The van der Waals surface area contributed by atoms with E-state index in [0.29, 0.717) is 11.5 Å². The van der Waals surface area contributed by atoms with Crippen LogP contribution in [0, 0.1) is 5.92 Å². The van der Waals surface area contributed by atoms with E-state index in [-0.39, 0.29) is 0 Å². The number of carbonyl (C=O) groups is 1. The van der Waals surface area contributed by atoms with Gasteiger partial charge in [-0.15, -0.1) is 0 Å². The van der Waals surface area contributed by atoms with E-state index in [0.717, 1.165) is 36.4 Å². The van der Waals surface area contributed by atoms with Crippen LogP contribution in [0.25, 0.3) is 11.0 Å². The second-order valence-corrected chi connectivity index (χ2v) is 4.78. The van der Waals surface area contributed by atoms with E-state index in [1.165, 1.54) is 6.42 Å². The van der Waals surface area contributed by atoms with E-state index < -0.39 is 5.97 Å². The Morgan fingerprint density at radius 3 is 3.11 bits per heavy atom. The summed E-state index contributed by atoms with van der Waals surface area (Å²) in [6.45, 7) is 2.12. The topological polar surface area (TPSA) is 78.0 Å². The number of hydrogen-bond donors (Lipinski definition) is 3. The van der Waals surface area contributed by atoms with Gasteiger partial charge in [0.2, 0.25) is 0 Å². The molecule has 5 heteroatoms. The molecule has 3 N–H and O–H groups in total. The van der Waals surface area contributed by atoms with Crippen LogP contribution in [-0.4, -0.2) is 34.1 Å². The normalized spacial score (nSPS) is 19.4. The number of rotatable bonds is 3. The lowest BCUT2D eigenvalue weighted by molar-refractivity contribution is 0.0697. The number of H-pyrrole nitrogens is 1. The van der Waals surface area contributed by atoms with Crippen LogP contribution >= 0.6 is 0 Å². The molecule has 1 fully saturated rings. The maximum Gasteiger partial charge on any atom is 0.335 e. The highest BCUT2D eigenvalue weighted by Gasteiger charge is 2.17. The Morgan fingerprint density at radius 2 is 2.39 bits per heavy atom. The summed E-state index contributed by atoms with van der Waals surface area (Å²) in [5.41, 5.74) is 1.93. The quantitative estimate of drug-likeness (QED) is 0.764. The lowest BCUT2D eigenvalue weighted by Crippen LogP contribution is -2.11. The fourth-order valence-corrected chi connectivity index (χ4v) is 2.45. The zero-order chi connectivity index (χ0) is 12.5. The highest BCUT2D eigenvalue weighted by Crippen LogP contribution is 2.18. The number of aromatic carboxylic acids is 1. The van der Waals surface area contributed by atoms with Crippen molar-refractivity contribution in [2.45, 2.75) is 12.8 Å². The van der Waals surface area contributed by atoms with Gasteiger partial charge in [-0.3, -0.25) is 0 Å². The Labute approximate surface area is 104 Å². The highest BCUT2D eigenvalue weighted by molar-refractivity contribution is 5.92. The summed E-state index contributed by atoms with van der Waals surface area (Å²) in [6, 6.07) is 4.99. The Hall–Kier alpha value is -1.88. The molecule has 1 unspecified atom stereocenters. The highest BCUT2D eigenvalue weighted by atomic mass is 16.4. The Kier molecular flexibility index (Phi) is 2.76. The van der Waals surface area contributed by atoms with Crippen molar-refractivity contribution in [1.29, 1.82) is 0 Å². The summed E-state index contributed by atoms with van der Waals surface area (Å²) in [4.78, 5) is 18.6. The number of carboxylic acids is 1. The SMILES string of the molecule is O=C(O)c1ccc2nc(CC3CCNC3)[nH]c2c1. The first kappa shape index (κ1) is 11.2.